The summed E-state index contributed by atoms with van der Waals surface area (Å²) in [5.41, 5.74) is 6.67. The summed E-state index contributed by atoms with van der Waals surface area (Å²) in [5, 5.41) is 0. The fraction of sp³-hybridized carbons (Fsp3) is 0.143. The molecule has 0 saturated carbocycles. The highest BCUT2D eigenvalue weighted by atomic mass is 32.2. The molecular weight excluding hydrogens is 249 g/mol. The first-order valence-corrected chi connectivity index (χ1v) is 6.97. The first-order valence-electron chi connectivity index (χ1n) is 5.41. The Morgan fingerprint density at radius 3 is 2.61 bits per heavy atom. The van der Waals surface area contributed by atoms with Crippen LogP contribution in [-0.4, -0.2) is 10.5 Å². The van der Waals surface area contributed by atoms with E-state index in [0.717, 1.165) is 5.56 Å². The molecule has 18 heavy (non-hydrogen) atoms. The van der Waals surface area contributed by atoms with Gasteiger partial charge in [-0.25, -0.2) is 4.39 Å². The van der Waals surface area contributed by atoms with Gasteiger partial charge >= 0.3 is 0 Å². The Kier molecular flexibility index (Phi) is 5.52. The summed E-state index contributed by atoms with van der Waals surface area (Å²) in [6.45, 7) is 1.37. The number of hydrogen-bond donors (Lipinski definition) is 1. The lowest BCUT2D eigenvalue weighted by Crippen LogP contribution is -1.94. The largest absolute Gasteiger partial charge is 0.405 e. The van der Waals surface area contributed by atoms with E-state index >= 15 is 0 Å². The molecule has 0 aliphatic rings. The minimum Gasteiger partial charge on any atom is -0.405 e. The molecular formula is C14H16FNOS. The average Bonchev–Trinajstić information content (AvgIpc) is 2.34. The number of benzene rings is 1. The summed E-state index contributed by atoms with van der Waals surface area (Å²) in [5.74, 6) is -0.316. The average molecular weight is 265 g/mol. The lowest BCUT2D eigenvalue weighted by molar-refractivity contribution is 0.641. The monoisotopic (exact) mass is 265 g/mol. The number of hydrogen-bond acceptors (Lipinski definition) is 2. The molecule has 0 heterocycles. The molecule has 0 bridgehead atoms. The molecule has 2 nitrogen and oxygen atoms in total. The van der Waals surface area contributed by atoms with Gasteiger partial charge in [0, 0.05) is 11.2 Å². The Morgan fingerprint density at radius 1 is 1.39 bits per heavy atom. The summed E-state index contributed by atoms with van der Waals surface area (Å²) >= 11 is 0. The smallest absolute Gasteiger partial charge is 0.0974 e. The van der Waals surface area contributed by atoms with E-state index in [9.17, 15) is 8.60 Å². The van der Waals surface area contributed by atoms with E-state index in [4.69, 9.17) is 5.73 Å². The van der Waals surface area contributed by atoms with Gasteiger partial charge in [-0.2, -0.15) is 0 Å². The Hall–Kier alpha value is -1.68. The zero-order chi connectivity index (χ0) is 13.5. The molecule has 0 radical (unpaired) electrons. The third-order valence-electron chi connectivity index (χ3n) is 2.25. The van der Waals surface area contributed by atoms with Crippen molar-refractivity contribution >= 4 is 16.4 Å². The molecule has 0 saturated heterocycles. The highest BCUT2D eigenvalue weighted by Crippen LogP contribution is 2.24. The Balaban J connectivity index is 3.39. The second kappa shape index (κ2) is 6.91. The third-order valence-corrected chi connectivity index (χ3v) is 3.22. The van der Waals surface area contributed by atoms with E-state index in [1.54, 1.807) is 24.5 Å². The van der Waals surface area contributed by atoms with Gasteiger partial charge in [-0.3, -0.25) is 4.21 Å². The van der Waals surface area contributed by atoms with Crippen LogP contribution in [0.3, 0.4) is 0 Å². The Labute approximate surface area is 109 Å². The van der Waals surface area contributed by atoms with Crippen molar-refractivity contribution in [1.82, 2.24) is 0 Å². The first kappa shape index (κ1) is 14.4. The Morgan fingerprint density at radius 2 is 2.06 bits per heavy atom. The minimum absolute atomic E-state index is 0.316. The molecule has 1 atom stereocenters. The van der Waals surface area contributed by atoms with Crippen molar-refractivity contribution in [2.24, 2.45) is 5.73 Å². The van der Waals surface area contributed by atoms with Gasteiger partial charge in [0.2, 0.25) is 0 Å². The number of rotatable bonds is 4. The maximum absolute atomic E-state index is 13.1. The summed E-state index contributed by atoms with van der Waals surface area (Å²) in [7, 11) is -1.13. The van der Waals surface area contributed by atoms with Crippen LogP contribution in [0.4, 0.5) is 4.39 Å². The van der Waals surface area contributed by atoms with Crippen LogP contribution in [0.1, 0.15) is 12.5 Å². The van der Waals surface area contributed by atoms with E-state index in [1.165, 1.54) is 19.2 Å². The Bertz CT molecular complexity index is 528. The molecule has 0 aromatic heterocycles. The van der Waals surface area contributed by atoms with Crippen molar-refractivity contribution in [3.8, 4) is 0 Å². The van der Waals surface area contributed by atoms with E-state index in [2.05, 4.69) is 0 Å². The van der Waals surface area contributed by atoms with Crippen LogP contribution in [0.15, 0.2) is 59.4 Å². The molecule has 2 N–H and O–H groups in total. The molecule has 0 spiro atoms. The van der Waals surface area contributed by atoms with Gasteiger partial charge in [-0.15, -0.1) is 0 Å². The number of halogens is 1. The van der Waals surface area contributed by atoms with Crippen molar-refractivity contribution in [2.75, 3.05) is 6.26 Å². The summed E-state index contributed by atoms with van der Waals surface area (Å²) < 4.78 is 24.7. The summed E-state index contributed by atoms with van der Waals surface area (Å²) in [6.07, 6.45) is 7.67. The maximum Gasteiger partial charge on any atom is 0.0974 e. The van der Waals surface area contributed by atoms with Crippen molar-refractivity contribution in [1.29, 1.82) is 0 Å². The molecule has 0 amide bonds. The SMILES string of the molecule is C\C(F)=C/C(=C\C=C\N)c1ccccc1S(C)=O. The molecule has 96 valence electrons. The van der Waals surface area contributed by atoms with Gasteiger partial charge in [0.25, 0.3) is 0 Å². The standard InChI is InChI=1S/C14H16FNOS/c1-11(15)10-12(6-5-9-16)13-7-3-4-8-14(13)18(2)17/h3-10H,16H2,1-2H3/b9-5+,11-10+,12-6+. The van der Waals surface area contributed by atoms with Crippen LogP contribution in [0, 0.1) is 0 Å². The summed E-state index contributed by atoms with van der Waals surface area (Å²) in [6, 6.07) is 7.22. The maximum atomic E-state index is 13.1. The van der Waals surface area contributed by atoms with Crippen LogP contribution in [0.25, 0.3) is 5.57 Å². The van der Waals surface area contributed by atoms with E-state index < -0.39 is 10.8 Å². The second-order valence-electron chi connectivity index (χ2n) is 3.69. The van der Waals surface area contributed by atoms with E-state index in [1.807, 2.05) is 18.2 Å². The summed E-state index contributed by atoms with van der Waals surface area (Å²) in [4.78, 5) is 0.673. The van der Waals surface area contributed by atoms with Crippen LogP contribution >= 0.6 is 0 Å². The molecule has 0 fully saturated rings. The highest BCUT2D eigenvalue weighted by Gasteiger charge is 2.08. The number of nitrogens with two attached hydrogens (primary N) is 1. The quantitative estimate of drug-likeness (QED) is 0.850. The second-order valence-corrected chi connectivity index (χ2v) is 5.04. The van der Waals surface area contributed by atoms with Crippen molar-refractivity contribution in [2.45, 2.75) is 11.8 Å². The molecule has 1 rings (SSSR count). The highest BCUT2D eigenvalue weighted by molar-refractivity contribution is 7.84. The first-order chi connectivity index (χ1) is 8.56. The molecule has 0 aliphatic carbocycles. The molecule has 0 aliphatic heterocycles. The van der Waals surface area contributed by atoms with E-state index in [-0.39, 0.29) is 5.83 Å². The van der Waals surface area contributed by atoms with E-state index in [0.29, 0.717) is 10.5 Å². The lowest BCUT2D eigenvalue weighted by atomic mass is 10.0. The topological polar surface area (TPSA) is 43.1 Å². The molecule has 1 aromatic carbocycles. The predicted molar refractivity (Wildman–Crippen MR) is 74.9 cm³/mol. The van der Waals surface area contributed by atoms with Crippen molar-refractivity contribution in [3.05, 3.63) is 60.1 Å². The third kappa shape index (κ3) is 3.96. The van der Waals surface area contributed by atoms with Crippen molar-refractivity contribution < 1.29 is 8.60 Å². The molecule has 1 aromatic rings. The van der Waals surface area contributed by atoms with Gasteiger partial charge < -0.3 is 5.73 Å². The van der Waals surface area contributed by atoms with Gasteiger partial charge in [0.15, 0.2) is 0 Å². The normalized spacial score (nSPS) is 15.1. The van der Waals surface area contributed by atoms with Crippen LogP contribution in [-0.2, 0) is 10.8 Å². The predicted octanol–water partition coefficient (Wildman–Crippen LogP) is 3.15. The van der Waals surface area contributed by atoms with Gasteiger partial charge in [-0.1, -0.05) is 24.3 Å². The zero-order valence-corrected chi connectivity index (χ0v) is 11.2. The van der Waals surface area contributed by atoms with Crippen LogP contribution in [0.2, 0.25) is 0 Å². The lowest BCUT2D eigenvalue weighted by Gasteiger charge is -2.07. The van der Waals surface area contributed by atoms with Crippen LogP contribution in [0.5, 0.6) is 0 Å². The fourth-order valence-electron chi connectivity index (χ4n) is 1.54. The van der Waals surface area contributed by atoms with Gasteiger partial charge in [0.05, 0.1) is 16.6 Å². The fourth-order valence-corrected chi connectivity index (χ4v) is 2.31. The van der Waals surface area contributed by atoms with Crippen LogP contribution < -0.4 is 5.73 Å². The molecule has 4 heteroatoms. The molecule has 1 unspecified atom stereocenters. The van der Waals surface area contributed by atoms with Gasteiger partial charge in [-0.05, 0) is 42.5 Å². The van der Waals surface area contributed by atoms with Gasteiger partial charge in [0.1, 0.15) is 0 Å². The van der Waals surface area contributed by atoms with Crippen molar-refractivity contribution in [3.63, 3.8) is 0 Å². The number of allylic oxidation sites excluding steroid dienone is 5. The zero-order valence-electron chi connectivity index (χ0n) is 10.4. The minimum atomic E-state index is -1.13.